The number of hydrogen-bond acceptors (Lipinski definition) is 23. The lowest BCUT2D eigenvalue weighted by molar-refractivity contribution is -0.147. The van der Waals surface area contributed by atoms with E-state index >= 15 is 0 Å². The zero-order valence-electron chi connectivity index (χ0n) is 62.4. The predicted molar refractivity (Wildman–Crippen MR) is 396 cm³/mol. The summed E-state index contributed by atoms with van der Waals surface area (Å²) >= 11 is 0. The van der Waals surface area contributed by atoms with Crippen molar-refractivity contribution in [1.29, 1.82) is 0 Å². The van der Waals surface area contributed by atoms with E-state index in [-0.39, 0.29) is 115 Å². The van der Waals surface area contributed by atoms with Crippen LogP contribution < -0.4 is 110 Å². The Labute approximate surface area is 631 Å². The monoisotopic (exact) mass is 1550 g/mol. The van der Waals surface area contributed by atoms with Gasteiger partial charge in [-0.3, -0.25) is 77.1 Å². The Balaban J connectivity index is 3.74. The molecule has 0 aliphatic carbocycles. The van der Waals surface area contributed by atoms with Gasteiger partial charge in [0.2, 0.25) is 70.9 Å². The normalized spacial score (nSPS) is 14.5. The maximum absolute atomic E-state index is 14.7. The predicted octanol–water partition coefficient (Wildman–Crippen LogP) is -7.53. The minimum Gasteiger partial charge on any atom is -0.508 e. The number of phenolic OH excluding ortho intramolecular Hbond substituents is 1. The molecule has 1 aromatic rings. The lowest BCUT2D eigenvalue weighted by Gasteiger charge is -2.34. The fourth-order valence-electron chi connectivity index (χ4n) is 10.6. The van der Waals surface area contributed by atoms with Crippen LogP contribution in [0.25, 0.3) is 0 Å². The van der Waals surface area contributed by atoms with Gasteiger partial charge in [0.25, 0.3) is 0 Å². The average Bonchev–Trinajstić information content (AvgIpc) is 0.827. The summed E-state index contributed by atoms with van der Waals surface area (Å²) < 4.78 is 0. The first-order chi connectivity index (χ1) is 51.2. The number of unbranched alkanes of at least 4 members (excludes halogenated alkanes) is 3. The van der Waals surface area contributed by atoms with E-state index in [0.29, 0.717) is 31.2 Å². The SMILES string of the molecule is CC(C)[C@H](NC(=O)C(NC(=O)[C@H](CCCN=C(N)N)NC(=O)[C@H](CCCCN)NC(=O)[C@H](CO)NC(=O)[C@H](CCCN=C(N)N)NC(=O)[C@H](CCC(=O)O)NC(=O)[C@H](CCCCN)NC(=O)[C@H](N)Cc1ccc(O)cc1)C(C)(C)C)C(=O)N[C@@H](CCC(N)=O)C(=O)N[C@@H](CCCCN)C(=O)N[C@@H](CC(=O)O)C(=O)O. The van der Waals surface area contributed by atoms with Crippen LogP contribution in [0.2, 0.25) is 0 Å². The van der Waals surface area contributed by atoms with Crippen molar-refractivity contribution in [3.8, 4) is 5.75 Å². The fourth-order valence-corrected chi connectivity index (χ4v) is 10.6. The number of carbonyl (C=O) groups excluding carboxylic acids is 12. The van der Waals surface area contributed by atoms with Crippen molar-refractivity contribution < 1.29 is 97.5 Å². The number of primary amides is 1. The highest BCUT2D eigenvalue weighted by atomic mass is 16.4. The molecule has 614 valence electrons. The summed E-state index contributed by atoms with van der Waals surface area (Å²) in [4.78, 5) is 211. The third-order valence-corrected chi connectivity index (χ3v) is 16.7. The molecule has 1 unspecified atom stereocenters. The number of hydrogen-bond donors (Lipinski definition) is 25. The number of carbonyl (C=O) groups is 15. The van der Waals surface area contributed by atoms with Crippen LogP contribution in [0.15, 0.2) is 34.3 Å². The Morgan fingerprint density at radius 1 is 0.413 bits per heavy atom. The lowest BCUT2D eigenvalue weighted by atomic mass is 9.85. The number of guanidine groups is 2. The molecule has 0 saturated carbocycles. The molecule has 0 saturated heterocycles. The quantitative estimate of drug-likeness (QED) is 0.0164. The molecule has 0 aromatic heterocycles. The number of aliphatic hydroxyl groups is 1. The van der Waals surface area contributed by atoms with E-state index in [4.69, 9.17) is 51.6 Å². The third kappa shape index (κ3) is 39.2. The second-order valence-corrected chi connectivity index (χ2v) is 27.4. The van der Waals surface area contributed by atoms with E-state index in [1.165, 1.54) is 26.0 Å². The summed E-state index contributed by atoms with van der Waals surface area (Å²) in [5.74, 6) is -18.3. The number of nitrogens with one attached hydrogen (secondary N) is 11. The van der Waals surface area contributed by atoms with E-state index < -0.39 is 211 Å². The first-order valence-corrected chi connectivity index (χ1v) is 35.8. The minimum absolute atomic E-state index is 0.00157. The number of aliphatic carboxylic acids is 3. The van der Waals surface area contributed by atoms with Gasteiger partial charge in [0.1, 0.15) is 72.2 Å². The largest absolute Gasteiger partial charge is 0.508 e. The molecule has 42 nitrogen and oxygen atoms in total. The standard InChI is InChI=1S/C67H116N22O20/c1-35(2)51(62(106)85-44(23-25-48(72)92)58(102)80-41(16-8-11-29-70)56(100)86-46(64(108)109)33-50(95)96)88-63(107)52(67(3,4)5)89-60(104)43(18-13-31-78-66(75)76)82-55(99)40(15-7-10-28-69)83-61(105)47(34-90)87-57(101)42(17-12-30-77-65(73)74)81-59(103)45(24-26-49(93)94)84-54(98)39(14-6-9-27-68)79-53(97)38(71)32-36-19-21-37(91)22-20-36/h19-22,35,38-47,51-52,90-91H,6-18,23-34,68-71H2,1-5H3,(H2,72,92)(H,79,97)(H,80,102)(H,81,103)(H,82,99)(H,83,105)(H,84,98)(H,85,106)(H,86,100)(H,87,101)(H,88,107)(H,89,104)(H,93,94)(H,95,96)(H,108,109)(H4,73,74,77)(H4,75,76,78)/t38-,39+,40+,41+,42+,43+,44+,45+,46+,47+,51+,52?/m1/s1. The number of aromatic hydroxyl groups is 1. The number of carboxylic acids is 3. The van der Waals surface area contributed by atoms with Gasteiger partial charge in [0, 0.05) is 25.9 Å². The van der Waals surface area contributed by atoms with Crippen LogP contribution in [-0.2, 0) is 78.3 Å². The number of benzene rings is 1. The number of phenols is 1. The summed E-state index contributed by atoms with van der Waals surface area (Å²) in [6, 6.07) is -13.2. The van der Waals surface area contributed by atoms with Gasteiger partial charge in [-0.05, 0) is 151 Å². The number of nitrogens with two attached hydrogens (primary N) is 9. The highest BCUT2D eigenvalue weighted by Crippen LogP contribution is 2.22. The van der Waals surface area contributed by atoms with Crippen molar-refractivity contribution in [3.63, 3.8) is 0 Å². The summed E-state index contributed by atoms with van der Waals surface area (Å²) in [6.45, 7) is 6.82. The van der Waals surface area contributed by atoms with Gasteiger partial charge in [0.15, 0.2) is 11.9 Å². The first kappa shape index (κ1) is 96.4. The number of aliphatic imine (C=N–C) groups is 2. The van der Waals surface area contributed by atoms with Crippen molar-refractivity contribution in [1.82, 2.24) is 58.5 Å². The lowest BCUT2D eigenvalue weighted by Crippen LogP contribution is -2.63. The van der Waals surface area contributed by atoms with Gasteiger partial charge < -0.3 is 136 Å². The van der Waals surface area contributed by atoms with Crippen LogP contribution in [-0.4, -0.2) is 238 Å². The number of nitrogens with zero attached hydrogens (tertiary/aromatic N) is 2. The molecule has 34 N–H and O–H groups in total. The first-order valence-electron chi connectivity index (χ1n) is 35.8. The van der Waals surface area contributed by atoms with Crippen molar-refractivity contribution in [3.05, 3.63) is 29.8 Å². The molecular formula is C67H116N22O20. The molecule has 0 radical (unpaired) electrons. The van der Waals surface area contributed by atoms with E-state index in [2.05, 4.69) is 68.5 Å². The van der Waals surface area contributed by atoms with E-state index in [0.717, 1.165) is 0 Å². The van der Waals surface area contributed by atoms with E-state index in [1.807, 2.05) is 0 Å². The number of amides is 12. The van der Waals surface area contributed by atoms with E-state index in [1.54, 1.807) is 32.9 Å². The molecule has 0 aliphatic heterocycles. The molecule has 42 heteroatoms. The van der Waals surface area contributed by atoms with Crippen LogP contribution in [0.3, 0.4) is 0 Å². The molecule has 1 aromatic carbocycles. The maximum Gasteiger partial charge on any atom is 0.326 e. The number of carboxylic acid groups (broad SMARTS) is 3. The molecule has 12 amide bonds. The Bertz CT molecular complexity index is 3240. The summed E-state index contributed by atoms with van der Waals surface area (Å²) in [7, 11) is 0. The summed E-state index contributed by atoms with van der Waals surface area (Å²) in [5.41, 5.74) is 50.3. The van der Waals surface area contributed by atoms with Crippen molar-refractivity contribution >= 4 is 101 Å². The topological polar surface area (TPSA) is 748 Å². The van der Waals surface area contributed by atoms with Gasteiger partial charge in [0.05, 0.1) is 19.1 Å². The molecule has 0 heterocycles. The van der Waals surface area contributed by atoms with Crippen molar-refractivity contribution in [2.24, 2.45) is 72.9 Å². The van der Waals surface area contributed by atoms with Crippen LogP contribution in [0, 0.1) is 11.3 Å². The molecule has 109 heavy (non-hydrogen) atoms. The van der Waals surface area contributed by atoms with Gasteiger partial charge in [-0.25, -0.2) is 4.79 Å². The number of rotatable bonds is 55. The summed E-state index contributed by atoms with van der Waals surface area (Å²) in [5, 5.41) is 76.0. The fraction of sp³-hybridized carbons (Fsp3) is 0.657. The van der Waals surface area contributed by atoms with Gasteiger partial charge in [-0.2, -0.15) is 0 Å². The highest BCUT2D eigenvalue weighted by molar-refractivity contribution is 6.00. The smallest absolute Gasteiger partial charge is 0.326 e. The van der Waals surface area contributed by atoms with Crippen LogP contribution in [0.1, 0.15) is 156 Å². The molecule has 12 atom stereocenters. The Morgan fingerprint density at radius 2 is 0.752 bits per heavy atom. The Kier molecular flexibility index (Phi) is 45.0. The molecule has 0 bridgehead atoms. The van der Waals surface area contributed by atoms with Gasteiger partial charge >= 0.3 is 17.9 Å². The number of aliphatic hydroxyl groups excluding tert-OH is 1. The van der Waals surface area contributed by atoms with E-state index in [9.17, 15) is 97.5 Å². The molecular weight excluding hydrogens is 1430 g/mol. The van der Waals surface area contributed by atoms with Crippen LogP contribution in [0.5, 0.6) is 5.75 Å². The third-order valence-electron chi connectivity index (χ3n) is 16.7. The maximum atomic E-state index is 14.7. The molecule has 0 fully saturated rings. The van der Waals surface area contributed by atoms with Gasteiger partial charge in [-0.15, -0.1) is 0 Å². The van der Waals surface area contributed by atoms with Gasteiger partial charge in [-0.1, -0.05) is 46.8 Å². The second kappa shape index (κ2) is 50.9. The second-order valence-electron chi connectivity index (χ2n) is 27.4. The highest BCUT2D eigenvalue weighted by Gasteiger charge is 2.40. The average molecular weight is 1550 g/mol. The Morgan fingerprint density at radius 3 is 1.09 bits per heavy atom. The Hall–Kier alpha value is -10.6. The molecule has 1 rings (SSSR count). The zero-order chi connectivity index (χ0) is 82.7. The van der Waals surface area contributed by atoms with Crippen molar-refractivity contribution in [2.75, 3.05) is 39.3 Å². The minimum atomic E-state index is -1.91. The van der Waals surface area contributed by atoms with Crippen LogP contribution in [0.4, 0.5) is 0 Å². The molecule has 0 aliphatic rings. The molecule has 0 spiro atoms. The van der Waals surface area contributed by atoms with Crippen molar-refractivity contribution in [2.45, 2.75) is 229 Å². The summed E-state index contributed by atoms with van der Waals surface area (Å²) in [6.07, 6.45) is -2.45. The zero-order valence-corrected chi connectivity index (χ0v) is 62.4. The van der Waals surface area contributed by atoms with Crippen LogP contribution >= 0.6 is 0 Å².